The Labute approximate surface area is 135 Å². The largest absolute Gasteiger partial charge is 0.324 e. The Hall–Kier alpha value is -1.13. The first-order chi connectivity index (χ1) is 10.0. The molecule has 0 radical (unpaired) electrons. The maximum Gasteiger partial charge on any atom is 0.0643 e. The van der Waals surface area contributed by atoms with E-state index in [0.717, 1.165) is 35.0 Å². The molecule has 21 heavy (non-hydrogen) atoms. The number of benzene rings is 1. The van der Waals surface area contributed by atoms with Gasteiger partial charge in [0.1, 0.15) is 0 Å². The predicted octanol–water partition coefficient (Wildman–Crippen LogP) is 4.56. The van der Waals surface area contributed by atoms with Crippen LogP contribution in [-0.4, -0.2) is 9.78 Å². The molecule has 2 rings (SSSR count). The molecule has 0 aliphatic carbocycles. The molecule has 1 aromatic heterocycles. The second-order valence-electron chi connectivity index (χ2n) is 5.63. The van der Waals surface area contributed by atoms with Crippen LogP contribution in [-0.2, 0) is 6.42 Å². The molecule has 1 heterocycles. The fraction of sp³-hybridized carbons (Fsp3) is 0.471. The van der Waals surface area contributed by atoms with Crippen molar-refractivity contribution in [3.63, 3.8) is 0 Å². The van der Waals surface area contributed by atoms with Gasteiger partial charge in [-0.1, -0.05) is 35.8 Å². The second kappa shape index (κ2) is 7.23. The Morgan fingerprint density at radius 2 is 1.95 bits per heavy atom. The molecule has 0 aliphatic heterocycles. The molecule has 0 saturated heterocycles. The monoisotopic (exact) mass is 349 g/mol. The SMILES string of the molecule is CCC(CC)n1ccc(CC(N)c2cc(C)cc(Br)c2)n1. The molecular weight excluding hydrogens is 326 g/mol. The van der Waals surface area contributed by atoms with E-state index < -0.39 is 0 Å². The Morgan fingerprint density at radius 3 is 2.57 bits per heavy atom. The van der Waals surface area contributed by atoms with E-state index in [-0.39, 0.29) is 6.04 Å². The van der Waals surface area contributed by atoms with Gasteiger partial charge in [-0.2, -0.15) is 5.10 Å². The first-order valence-electron chi connectivity index (χ1n) is 7.60. The van der Waals surface area contributed by atoms with Crippen LogP contribution in [0.1, 0.15) is 55.6 Å². The van der Waals surface area contributed by atoms with Crippen molar-refractivity contribution < 1.29 is 0 Å². The number of hydrogen-bond acceptors (Lipinski definition) is 2. The van der Waals surface area contributed by atoms with Gasteiger partial charge in [-0.15, -0.1) is 0 Å². The van der Waals surface area contributed by atoms with Gasteiger partial charge in [0.2, 0.25) is 0 Å². The van der Waals surface area contributed by atoms with Crippen molar-refractivity contribution in [1.82, 2.24) is 9.78 Å². The lowest BCUT2D eigenvalue weighted by atomic mass is 10.0. The van der Waals surface area contributed by atoms with Crippen molar-refractivity contribution in [1.29, 1.82) is 0 Å². The Kier molecular flexibility index (Phi) is 5.59. The Morgan fingerprint density at radius 1 is 1.24 bits per heavy atom. The molecule has 1 unspecified atom stereocenters. The lowest BCUT2D eigenvalue weighted by molar-refractivity contribution is 0.424. The maximum absolute atomic E-state index is 6.35. The van der Waals surface area contributed by atoms with Crippen LogP contribution in [0.25, 0.3) is 0 Å². The smallest absolute Gasteiger partial charge is 0.0643 e. The molecule has 3 nitrogen and oxygen atoms in total. The quantitative estimate of drug-likeness (QED) is 0.830. The highest BCUT2D eigenvalue weighted by Gasteiger charge is 2.12. The van der Waals surface area contributed by atoms with Crippen LogP contribution in [0.3, 0.4) is 0 Å². The predicted molar refractivity (Wildman–Crippen MR) is 91.4 cm³/mol. The fourth-order valence-corrected chi connectivity index (χ4v) is 3.30. The fourth-order valence-electron chi connectivity index (χ4n) is 2.67. The summed E-state index contributed by atoms with van der Waals surface area (Å²) in [6.07, 6.45) is 5.05. The zero-order valence-corrected chi connectivity index (χ0v) is 14.6. The molecule has 0 aliphatic rings. The van der Waals surface area contributed by atoms with Crippen molar-refractivity contribution in [3.05, 3.63) is 51.8 Å². The molecule has 1 aromatic carbocycles. The first kappa shape index (κ1) is 16.2. The lowest BCUT2D eigenvalue weighted by Crippen LogP contribution is -2.15. The van der Waals surface area contributed by atoms with Gasteiger partial charge in [0.15, 0.2) is 0 Å². The van der Waals surface area contributed by atoms with Crippen LogP contribution in [0.15, 0.2) is 34.9 Å². The minimum atomic E-state index is -0.0220. The van der Waals surface area contributed by atoms with E-state index in [1.165, 1.54) is 5.56 Å². The van der Waals surface area contributed by atoms with E-state index in [9.17, 15) is 0 Å². The van der Waals surface area contributed by atoms with Crippen molar-refractivity contribution in [3.8, 4) is 0 Å². The summed E-state index contributed by atoms with van der Waals surface area (Å²) in [5.74, 6) is 0. The molecule has 0 amide bonds. The molecular formula is C17H24BrN3. The molecule has 114 valence electrons. The molecule has 0 bridgehead atoms. The third-order valence-electron chi connectivity index (χ3n) is 3.90. The number of nitrogens with zero attached hydrogens (tertiary/aromatic N) is 2. The summed E-state index contributed by atoms with van der Waals surface area (Å²) in [5.41, 5.74) is 9.78. The summed E-state index contributed by atoms with van der Waals surface area (Å²) in [6.45, 7) is 6.49. The van der Waals surface area contributed by atoms with Gasteiger partial charge >= 0.3 is 0 Å². The van der Waals surface area contributed by atoms with Crippen LogP contribution in [0.5, 0.6) is 0 Å². The highest BCUT2D eigenvalue weighted by atomic mass is 79.9. The van der Waals surface area contributed by atoms with Crippen LogP contribution in [0.4, 0.5) is 0 Å². The van der Waals surface area contributed by atoms with Gasteiger partial charge in [0.25, 0.3) is 0 Å². The topological polar surface area (TPSA) is 43.8 Å². The number of hydrogen-bond donors (Lipinski definition) is 1. The molecule has 2 N–H and O–H groups in total. The molecule has 0 fully saturated rings. The number of aromatic nitrogens is 2. The summed E-state index contributed by atoms with van der Waals surface area (Å²) in [6, 6.07) is 8.89. The summed E-state index contributed by atoms with van der Waals surface area (Å²) < 4.78 is 3.16. The van der Waals surface area contributed by atoms with Crippen LogP contribution >= 0.6 is 15.9 Å². The number of halogens is 1. The normalized spacial score (nSPS) is 12.9. The molecule has 0 saturated carbocycles. The minimum Gasteiger partial charge on any atom is -0.324 e. The summed E-state index contributed by atoms with van der Waals surface area (Å²) >= 11 is 3.53. The standard InChI is InChI=1S/C17H24BrN3/c1-4-16(5-2)21-7-6-15(20-21)11-17(19)13-8-12(3)9-14(18)10-13/h6-10,16-17H,4-5,11,19H2,1-3H3. The van der Waals surface area contributed by atoms with Crippen LogP contribution in [0.2, 0.25) is 0 Å². The van der Waals surface area contributed by atoms with Crippen molar-refractivity contribution >= 4 is 15.9 Å². The van der Waals surface area contributed by atoms with E-state index >= 15 is 0 Å². The number of rotatable bonds is 6. The molecule has 1 atom stereocenters. The summed E-state index contributed by atoms with van der Waals surface area (Å²) in [7, 11) is 0. The molecule has 2 aromatic rings. The van der Waals surface area contributed by atoms with Gasteiger partial charge in [0.05, 0.1) is 11.7 Å². The van der Waals surface area contributed by atoms with Gasteiger partial charge in [-0.3, -0.25) is 4.68 Å². The van der Waals surface area contributed by atoms with Gasteiger partial charge in [0, 0.05) is 23.1 Å². The van der Waals surface area contributed by atoms with Gasteiger partial charge < -0.3 is 5.73 Å². The average molecular weight is 350 g/mol. The van der Waals surface area contributed by atoms with E-state index in [0.29, 0.717) is 6.04 Å². The van der Waals surface area contributed by atoms with Crippen LogP contribution < -0.4 is 5.73 Å². The lowest BCUT2D eigenvalue weighted by Gasteiger charge is -2.14. The minimum absolute atomic E-state index is 0.0220. The van der Waals surface area contributed by atoms with E-state index in [4.69, 9.17) is 5.73 Å². The Bertz CT molecular complexity index is 567. The van der Waals surface area contributed by atoms with Crippen molar-refractivity contribution in [2.24, 2.45) is 5.73 Å². The number of nitrogens with two attached hydrogens (primary N) is 1. The van der Waals surface area contributed by atoms with Crippen molar-refractivity contribution in [2.75, 3.05) is 0 Å². The van der Waals surface area contributed by atoms with Gasteiger partial charge in [-0.05, 0) is 49.1 Å². The van der Waals surface area contributed by atoms with E-state index in [1.807, 2.05) is 0 Å². The van der Waals surface area contributed by atoms with Crippen molar-refractivity contribution in [2.45, 2.75) is 52.1 Å². The molecule has 0 spiro atoms. The maximum atomic E-state index is 6.35. The zero-order valence-electron chi connectivity index (χ0n) is 13.0. The van der Waals surface area contributed by atoms with E-state index in [1.54, 1.807) is 0 Å². The van der Waals surface area contributed by atoms with Gasteiger partial charge in [-0.25, -0.2) is 0 Å². The van der Waals surface area contributed by atoms with E-state index in [2.05, 4.69) is 76.9 Å². The Balaban J connectivity index is 2.10. The highest BCUT2D eigenvalue weighted by Crippen LogP contribution is 2.22. The highest BCUT2D eigenvalue weighted by molar-refractivity contribution is 9.10. The third-order valence-corrected chi connectivity index (χ3v) is 4.36. The summed E-state index contributed by atoms with van der Waals surface area (Å²) in [5, 5.41) is 4.69. The molecule has 4 heteroatoms. The first-order valence-corrected chi connectivity index (χ1v) is 8.39. The average Bonchev–Trinajstić information content (AvgIpc) is 2.87. The zero-order chi connectivity index (χ0) is 15.4. The second-order valence-corrected chi connectivity index (χ2v) is 6.55. The van der Waals surface area contributed by atoms with Crippen LogP contribution in [0, 0.1) is 6.92 Å². The number of aryl methyl sites for hydroxylation is 1. The third kappa shape index (κ3) is 4.17. The summed E-state index contributed by atoms with van der Waals surface area (Å²) in [4.78, 5) is 0.